The highest BCUT2D eigenvalue weighted by Crippen LogP contribution is 2.30. The number of hydrogen-bond donors (Lipinski definition) is 0. The maximum absolute atomic E-state index is 14.5. The molecule has 0 amide bonds. The van der Waals surface area contributed by atoms with E-state index in [9.17, 15) is 26.0 Å². The second-order valence-electron chi connectivity index (χ2n) is 5.84. The van der Waals surface area contributed by atoms with Gasteiger partial charge in [-0.05, 0) is 31.2 Å². The zero-order valence-electron chi connectivity index (χ0n) is 14.1. The SMILES string of the molecule is Cc1cccc(-c2cc(C(F)F)nn2-c2cc(F)c(S(C)(=O)=O)cc2F)n1. The van der Waals surface area contributed by atoms with E-state index in [4.69, 9.17) is 0 Å². The minimum absolute atomic E-state index is 0.0133. The summed E-state index contributed by atoms with van der Waals surface area (Å²) in [6, 6.07) is 6.94. The number of sulfone groups is 1. The molecule has 2 aromatic heterocycles. The van der Waals surface area contributed by atoms with Gasteiger partial charge in [0.1, 0.15) is 27.9 Å². The Morgan fingerprint density at radius 2 is 1.78 bits per heavy atom. The molecule has 1 aromatic carbocycles. The largest absolute Gasteiger partial charge is 0.282 e. The number of pyridine rings is 1. The molecule has 27 heavy (non-hydrogen) atoms. The molecule has 0 radical (unpaired) electrons. The zero-order chi connectivity index (χ0) is 19.9. The highest BCUT2D eigenvalue weighted by molar-refractivity contribution is 7.90. The third-order valence-corrected chi connectivity index (χ3v) is 4.84. The van der Waals surface area contributed by atoms with Crippen molar-refractivity contribution in [2.75, 3.05) is 6.26 Å². The minimum Gasteiger partial charge on any atom is -0.251 e. The van der Waals surface area contributed by atoms with Gasteiger partial charge >= 0.3 is 0 Å². The van der Waals surface area contributed by atoms with E-state index in [1.165, 1.54) is 6.07 Å². The number of hydrogen-bond acceptors (Lipinski definition) is 4. The predicted octanol–water partition coefficient (Wildman–Crippen LogP) is 3.86. The van der Waals surface area contributed by atoms with E-state index in [0.29, 0.717) is 17.8 Å². The van der Waals surface area contributed by atoms with Gasteiger partial charge < -0.3 is 0 Å². The highest BCUT2D eigenvalue weighted by atomic mass is 32.2. The summed E-state index contributed by atoms with van der Waals surface area (Å²) in [4.78, 5) is 3.36. The molecule has 0 saturated heterocycles. The van der Waals surface area contributed by atoms with Crippen LogP contribution in [0.3, 0.4) is 0 Å². The van der Waals surface area contributed by atoms with Gasteiger partial charge in [0.05, 0.1) is 11.4 Å². The van der Waals surface area contributed by atoms with Gasteiger partial charge in [-0.25, -0.2) is 30.7 Å². The fourth-order valence-electron chi connectivity index (χ4n) is 2.52. The molecule has 3 aromatic rings. The number of aromatic nitrogens is 3. The van der Waals surface area contributed by atoms with Crippen molar-refractivity contribution in [3.8, 4) is 17.1 Å². The number of rotatable bonds is 4. The fourth-order valence-corrected chi connectivity index (χ4v) is 3.25. The minimum atomic E-state index is -4.01. The summed E-state index contributed by atoms with van der Waals surface area (Å²) in [5, 5.41) is 3.65. The molecule has 0 N–H and O–H groups in total. The van der Waals surface area contributed by atoms with Crippen LogP contribution in [0, 0.1) is 18.6 Å². The van der Waals surface area contributed by atoms with E-state index >= 15 is 0 Å². The van der Waals surface area contributed by atoms with E-state index in [1.54, 1.807) is 19.1 Å². The first-order chi connectivity index (χ1) is 12.6. The first-order valence-corrected chi connectivity index (χ1v) is 9.48. The van der Waals surface area contributed by atoms with E-state index in [-0.39, 0.29) is 11.4 Å². The van der Waals surface area contributed by atoms with Crippen LogP contribution in [-0.4, -0.2) is 29.4 Å². The van der Waals surface area contributed by atoms with Crippen molar-refractivity contribution in [1.29, 1.82) is 0 Å². The van der Waals surface area contributed by atoms with Crippen molar-refractivity contribution in [2.24, 2.45) is 0 Å². The van der Waals surface area contributed by atoms with Crippen LogP contribution < -0.4 is 0 Å². The molecule has 10 heteroatoms. The summed E-state index contributed by atoms with van der Waals surface area (Å²) in [6.45, 7) is 1.68. The zero-order valence-corrected chi connectivity index (χ0v) is 14.9. The summed E-state index contributed by atoms with van der Waals surface area (Å²) < 4.78 is 78.9. The highest BCUT2D eigenvalue weighted by Gasteiger charge is 2.23. The quantitative estimate of drug-likeness (QED) is 0.625. The maximum Gasteiger partial charge on any atom is 0.282 e. The predicted molar refractivity (Wildman–Crippen MR) is 89.5 cm³/mol. The Bertz CT molecular complexity index is 1130. The lowest BCUT2D eigenvalue weighted by Gasteiger charge is -2.10. The molecule has 142 valence electrons. The Hall–Kier alpha value is -2.75. The van der Waals surface area contributed by atoms with Gasteiger partial charge in [0.25, 0.3) is 6.43 Å². The van der Waals surface area contributed by atoms with Gasteiger partial charge in [-0.3, -0.25) is 4.98 Å². The molecule has 2 heterocycles. The lowest BCUT2D eigenvalue weighted by atomic mass is 10.2. The standard InChI is InChI=1S/C17H13F4N3O2S/c1-9-4-3-5-12(22-9)15-8-13(17(20)21)23-24(15)14-6-11(19)16(7-10(14)18)27(2,25)26/h3-8,17H,1-2H3. The average molecular weight is 399 g/mol. The van der Waals surface area contributed by atoms with Crippen molar-refractivity contribution in [3.63, 3.8) is 0 Å². The van der Waals surface area contributed by atoms with E-state index < -0.39 is 44.2 Å². The molecule has 0 aliphatic carbocycles. The Morgan fingerprint density at radius 1 is 1.07 bits per heavy atom. The molecule has 0 aliphatic heterocycles. The molecular weight excluding hydrogens is 386 g/mol. The van der Waals surface area contributed by atoms with E-state index in [2.05, 4.69) is 10.1 Å². The molecule has 0 bridgehead atoms. The van der Waals surface area contributed by atoms with Crippen LogP contribution in [0.5, 0.6) is 0 Å². The third-order valence-electron chi connectivity index (χ3n) is 3.73. The van der Waals surface area contributed by atoms with E-state index in [0.717, 1.165) is 17.0 Å². The Balaban J connectivity index is 2.27. The average Bonchev–Trinajstić information content (AvgIpc) is 3.01. The first-order valence-electron chi connectivity index (χ1n) is 7.59. The van der Waals surface area contributed by atoms with Crippen LogP contribution in [0.15, 0.2) is 41.3 Å². The van der Waals surface area contributed by atoms with E-state index in [1.807, 2.05) is 0 Å². The molecule has 3 rings (SSSR count). The summed E-state index contributed by atoms with van der Waals surface area (Å²) in [6.07, 6.45) is -2.21. The monoisotopic (exact) mass is 399 g/mol. The van der Waals surface area contributed by atoms with Crippen molar-refractivity contribution < 1.29 is 26.0 Å². The van der Waals surface area contributed by atoms with Gasteiger partial charge in [0.2, 0.25) is 0 Å². The van der Waals surface area contributed by atoms with Gasteiger partial charge in [-0.1, -0.05) is 6.07 Å². The van der Waals surface area contributed by atoms with Crippen LogP contribution in [0.1, 0.15) is 17.8 Å². The topological polar surface area (TPSA) is 64.8 Å². The molecular formula is C17H13F4N3O2S. The second-order valence-corrected chi connectivity index (χ2v) is 7.82. The summed E-state index contributed by atoms with van der Waals surface area (Å²) in [5.74, 6) is -2.35. The molecule has 0 aliphatic rings. The molecule has 0 unspecified atom stereocenters. The van der Waals surface area contributed by atoms with Crippen molar-refractivity contribution >= 4 is 9.84 Å². The van der Waals surface area contributed by atoms with Crippen LogP contribution in [0.4, 0.5) is 17.6 Å². The lowest BCUT2D eigenvalue weighted by Crippen LogP contribution is -2.08. The number of halogens is 4. The second kappa shape index (κ2) is 6.76. The molecule has 0 atom stereocenters. The van der Waals surface area contributed by atoms with Crippen LogP contribution >= 0.6 is 0 Å². The van der Waals surface area contributed by atoms with Gasteiger partial charge in [0, 0.05) is 18.0 Å². The number of alkyl halides is 2. The summed E-state index contributed by atoms with van der Waals surface area (Å²) in [5.41, 5.74) is -0.343. The number of aryl methyl sites for hydroxylation is 1. The van der Waals surface area contributed by atoms with Crippen LogP contribution in [0.25, 0.3) is 17.1 Å². The Labute approximate surface area is 152 Å². The number of benzene rings is 1. The maximum atomic E-state index is 14.5. The normalized spacial score (nSPS) is 12.0. The van der Waals surface area contributed by atoms with Crippen LogP contribution in [-0.2, 0) is 9.84 Å². The first kappa shape index (κ1) is 19.0. The van der Waals surface area contributed by atoms with Gasteiger partial charge in [-0.2, -0.15) is 5.10 Å². The van der Waals surface area contributed by atoms with Crippen molar-refractivity contribution in [3.05, 3.63) is 59.4 Å². The van der Waals surface area contributed by atoms with Crippen molar-refractivity contribution in [1.82, 2.24) is 14.8 Å². The summed E-state index contributed by atoms with van der Waals surface area (Å²) >= 11 is 0. The number of nitrogens with zero attached hydrogens (tertiary/aromatic N) is 3. The Morgan fingerprint density at radius 3 is 2.37 bits per heavy atom. The molecule has 0 saturated carbocycles. The smallest absolute Gasteiger partial charge is 0.251 e. The van der Waals surface area contributed by atoms with Gasteiger partial charge in [0.15, 0.2) is 9.84 Å². The lowest BCUT2D eigenvalue weighted by molar-refractivity contribution is 0.145. The summed E-state index contributed by atoms with van der Waals surface area (Å²) in [7, 11) is -4.01. The third kappa shape index (κ3) is 3.70. The Kier molecular flexibility index (Phi) is 4.77. The van der Waals surface area contributed by atoms with Gasteiger partial charge in [-0.15, -0.1) is 0 Å². The molecule has 0 fully saturated rings. The molecule has 5 nitrogen and oxygen atoms in total. The molecule has 0 spiro atoms. The fraction of sp³-hybridized carbons (Fsp3) is 0.176. The van der Waals surface area contributed by atoms with Crippen molar-refractivity contribution in [2.45, 2.75) is 18.2 Å². The van der Waals surface area contributed by atoms with Crippen LogP contribution in [0.2, 0.25) is 0 Å².